The van der Waals surface area contributed by atoms with E-state index in [0.29, 0.717) is 0 Å². The maximum Gasteiger partial charge on any atom is 0.0200 e. The standard InChI is InChI=1S/C12H24N2/c1-3-4-10-7-12(9-14(2)8-10)13-11-5-6-11/h10-13H,3-9H2,1-2H3. The van der Waals surface area contributed by atoms with Crippen LogP contribution in [0, 0.1) is 5.92 Å². The zero-order valence-electron chi connectivity index (χ0n) is 9.63. The Bertz CT molecular complexity index is 175. The summed E-state index contributed by atoms with van der Waals surface area (Å²) in [6.45, 7) is 4.88. The van der Waals surface area contributed by atoms with Crippen molar-refractivity contribution >= 4 is 0 Å². The van der Waals surface area contributed by atoms with Crippen molar-refractivity contribution in [3.63, 3.8) is 0 Å². The average molecular weight is 196 g/mol. The van der Waals surface area contributed by atoms with Crippen molar-refractivity contribution in [2.75, 3.05) is 20.1 Å². The summed E-state index contributed by atoms with van der Waals surface area (Å²) < 4.78 is 0. The lowest BCUT2D eigenvalue weighted by atomic mass is 9.91. The van der Waals surface area contributed by atoms with Gasteiger partial charge in [-0.2, -0.15) is 0 Å². The predicted octanol–water partition coefficient (Wildman–Crippen LogP) is 1.86. The fourth-order valence-electron chi connectivity index (χ4n) is 2.76. The lowest BCUT2D eigenvalue weighted by Crippen LogP contribution is -2.48. The first-order valence-electron chi connectivity index (χ1n) is 6.22. The second kappa shape index (κ2) is 4.63. The molecule has 1 aliphatic heterocycles. The van der Waals surface area contributed by atoms with Gasteiger partial charge in [-0.15, -0.1) is 0 Å². The summed E-state index contributed by atoms with van der Waals surface area (Å²) in [6.07, 6.45) is 6.99. The normalized spacial score (nSPS) is 34.7. The summed E-state index contributed by atoms with van der Waals surface area (Å²) in [7, 11) is 2.27. The van der Waals surface area contributed by atoms with Gasteiger partial charge in [0.15, 0.2) is 0 Å². The summed E-state index contributed by atoms with van der Waals surface area (Å²) >= 11 is 0. The van der Waals surface area contributed by atoms with Gasteiger partial charge in [0, 0.05) is 25.2 Å². The molecule has 2 unspecified atom stereocenters. The molecule has 82 valence electrons. The van der Waals surface area contributed by atoms with Gasteiger partial charge in [-0.3, -0.25) is 0 Å². The van der Waals surface area contributed by atoms with Gasteiger partial charge < -0.3 is 10.2 Å². The van der Waals surface area contributed by atoms with Crippen LogP contribution in [0.2, 0.25) is 0 Å². The first-order valence-corrected chi connectivity index (χ1v) is 6.22. The number of nitrogens with zero attached hydrogens (tertiary/aromatic N) is 1. The molecular weight excluding hydrogens is 172 g/mol. The SMILES string of the molecule is CCCC1CC(NC2CC2)CN(C)C1. The number of hydrogen-bond acceptors (Lipinski definition) is 2. The first kappa shape index (κ1) is 10.4. The smallest absolute Gasteiger partial charge is 0.0200 e. The van der Waals surface area contributed by atoms with E-state index >= 15 is 0 Å². The van der Waals surface area contributed by atoms with Gasteiger partial charge in [0.2, 0.25) is 0 Å². The Morgan fingerprint density at radius 3 is 2.64 bits per heavy atom. The first-order chi connectivity index (χ1) is 6.78. The minimum absolute atomic E-state index is 0.776. The van der Waals surface area contributed by atoms with Crippen LogP contribution in [-0.2, 0) is 0 Å². The topological polar surface area (TPSA) is 15.3 Å². The maximum atomic E-state index is 3.77. The van der Waals surface area contributed by atoms with E-state index in [2.05, 4.69) is 24.2 Å². The second-order valence-corrected chi connectivity index (χ2v) is 5.25. The molecule has 14 heavy (non-hydrogen) atoms. The van der Waals surface area contributed by atoms with Crippen molar-refractivity contribution in [1.82, 2.24) is 10.2 Å². The lowest BCUT2D eigenvalue weighted by molar-refractivity contribution is 0.161. The van der Waals surface area contributed by atoms with Crippen LogP contribution in [0.1, 0.15) is 39.0 Å². The summed E-state index contributed by atoms with van der Waals surface area (Å²) in [6, 6.07) is 1.64. The van der Waals surface area contributed by atoms with E-state index in [9.17, 15) is 0 Å². The van der Waals surface area contributed by atoms with E-state index in [-0.39, 0.29) is 0 Å². The van der Waals surface area contributed by atoms with Crippen molar-refractivity contribution in [3.05, 3.63) is 0 Å². The molecule has 0 aromatic heterocycles. The highest BCUT2D eigenvalue weighted by molar-refractivity contribution is 4.89. The van der Waals surface area contributed by atoms with Gasteiger partial charge in [-0.25, -0.2) is 0 Å². The molecule has 0 bridgehead atoms. The fourth-order valence-corrected chi connectivity index (χ4v) is 2.76. The number of likely N-dealkylation sites (tertiary alicyclic amines) is 1. The highest BCUT2D eigenvalue weighted by atomic mass is 15.2. The third kappa shape index (κ3) is 2.96. The Kier molecular flexibility index (Phi) is 3.45. The highest BCUT2D eigenvalue weighted by Crippen LogP contribution is 2.25. The van der Waals surface area contributed by atoms with Crippen LogP contribution in [0.15, 0.2) is 0 Å². The highest BCUT2D eigenvalue weighted by Gasteiger charge is 2.29. The number of hydrogen-bond donors (Lipinski definition) is 1. The van der Waals surface area contributed by atoms with E-state index in [0.717, 1.165) is 18.0 Å². The molecule has 2 fully saturated rings. The quantitative estimate of drug-likeness (QED) is 0.738. The van der Waals surface area contributed by atoms with Crippen LogP contribution in [0.4, 0.5) is 0 Å². The van der Waals surface area contributed by atoms with Gasteiger partial charge in [0.25, 0.3) is 0 Å². The van der Waals surface area contributed by atoms with Crippen molar-refractivity contribution < 1.29 is 0 Å². The Balaban J connectivity index is 1.78. The number of likely N-dealkylation sites (N-methyl/N-ethyl adjacent to an activating group) is 1. The Morgan fingerprint density at radius 1 is 1.21 bits per heavy atom. The molecular formula is C12H24N2. The largest absolute Gasteiger partial charge is 0.310 e. The van der Waals surface area contributed by atoms with Gasteiger partial charge >= 0.3 is 0 Å². The van der Waals surface area contributed by atoms with E-state index in [1.165, 1.54) is 45.2 Å². The molecule has 0 amide bonds. The van der Waals surface area contributed by atoms with Gasteiger partial charge in [0.05, 0.1) is 0 Å². The molecule has 2 rings (SSSR count). The molecule has 1 N–H and O–H groups in total. The van der Waals surface area contributed by atoms with Crippen molar-refractivity contribution in [2.45, 2.75) is 51.1 Å². The molecule has 0 radical (unpaired) electrons. The van der Waals surface area contributed by atoms with Crippen LogP contribution in [-0.4, -0.2) is 37.1 Å². The van der Waals surface area contributed by atoms with E-state index in [1.807, 2.05) is 0 Å². The van der Waals surface area contributed by atoms with Crippen LogP contribution >= 0.6 is 0 Å². The fraction of sp³-hybridized carbons (Fsp3) is 1.00. The molecule has 1 heterocycles. The second-order valence-electron chi connectivity index (χ2n) is 5.25. The minimum atomic E-state index is 0.776. The molecule has 1 saturated heterocycles. The summed E-state index contributed by atoms with van der Waals surface area (Å²) in [4.78, 5) is 2.50. The van der Waals surface area contributed by atoms with Crippen LogP contribution < -0.4 is 5.32 Å². The van der Waals surface area contributed by atoms with Crippen LogP contribution in [0.5, 0.6) is 0 Å². The van der Waals surface area contributed by atoms with Crippen LogP contribution in [0.25, 0.3) is 0 Å². The molecule has 2 aliphatic rings. The van der Waals surface area contributed by atoms with Gasteiger partial charge in [-0.05, 0) is 38.6 Å². The molecule has 1 aliphatic carbocycles. The van der Waals surface area contributed by atoms with E-state index in [1.54, 1.807) is 0 Å². The minimum Gasteiger partial charge on any atom is -0.310 e. The maximum absolute atomic E-state index is 3.77. The molecule has 2 atom stereocenters. The number of piperidine rings is 1. The van der Waals surface area contributed by atoms with Gasteiger partial charge in [0.1, 0.15) is 0 Å². The molecule has 2 nitrogen and oxygen atoms in total. The molecule has 0 aromatic rings. The van der Waals surface area contributed by atoms with Crippen molar-refractivity contribution in [1.29, 1.82) is 0 Å². The predicted molar refractivity (Wildman–Crippen MR) is 60.5 cm³/mol. The van der Waals surface area contributed by atoms with Crippen molar-refractivity contribution in [3.8, 4) is 0 Å². The monoisotopic (exact) mass is 196 g/mol. The zero-order chi connectivity index (χ0) is 9.97. The molecule has 0 aromatic carbocycles. The Hall–Kier alpha value is -0.0800. The number of nitrogens with one attached hydrogen (secondary N) is 1. The third-order valence-electron chi connectivity index (χ3n) is 3.47. The van der Waals surface area contributed by atoms with Crippen LogP contribution in [0.3, 0.4) is 0 Å². The molecule has 0 spiro atoms. The third-order valence-corrected chi connectivity index (χ3v) is 3.47. The van der Waals surface area contributed by atoms with Gasteiger partial charge in [-0.1, -0.05) is 13.3 Å². The molecule has 2 heteroatoms. The lowest BCUT2D eigenvalue weighted by Gasteiger charge is -2.36. The summed E-state index contributed by atoms with van der Waals surface area (Å²) in [5, 5.41) is 3.77. The van der Waals surface area contributed by atoms with E-state index in [4.69, 9.17) is 0 Å². The zero-order valence-corrected chi connectivity index (χ0v) is 9.63. The Labute approximate surface area is 88.1 Å². The number of rotatable bonds is 4. The van der Waals surface area contributed by atoms with E-state index < -0.39 is 0 Å². The average Bonchev–Trinajstić information content (AvgIpc) is 2.87. The molecule has 1 saturated carbocycles. The summed E-state index contributed by atoms with van der Waals surface area (Å²) in [5.41, 5.74) is 0. The van der Waals surface area contributed by atoms with Crippen molar-refractivity contribution in [2.24, 2.45) is 5.92 Å². The Morgan fingerprint density at radius 2 is 2.00 bits per heavy atom. The summed E-state index contributed by atoms with van der Waals surface area (Å²) in [5.74, 6) is 0.940.